The van der Waals surface area contributed by atoms with E-state index in [-0.39, 0.29) is 5.91 Å². The molecule has 6 heteroatoms. The number of carbonyl (C=O) groups excluding carboxylic acids is 1. The van der Waals surface area contributed by atoms with Crippen LogP contribution in [0.2, 0.25) is 0 Å². The van der Waals surface area contributed by atoms with Crippen molar-refractivity contribution >= 4 is 24.2 Å². The van der Waals surface area contributed by atoms with Gasteiger partial charge < -0.3 is 19.5 Å². The first-order valence-corrected chi connectivity index (χ1v) is 11.7. The van der Waals surface area contributed by atoms with Gasteiger partial charge in [0.2, 0.25) is 5.75 Å². The van der Waals surface area contributed by atoms with Crippen molar-refractivity contribution in [1.82, 2.24) is 0 Å². The molecular formula is C28H35NO4S. The summed E-state index contributed by atoms with van der Waals surface area (Å²) in [4.78, 5) is 14.0. The number of anilines is 1. The van der Waals surface area contributed by atoms with E-state index in [9.17, 15) is 4.79 Å². The van der Waals surface area contributed by atoms with Crippen molar-refractivity contribution in [3.8, 4) is 17.2 Å². The van der Waals surface area contributed by atoms with Gasteiger partial charge in [-0.3, -0.25) is 4.79 Å². The molecule has 2 aromatic rings. The van der Waals surface area contributed by atoms with Crippen LogP contribution in [0.5, 0.6) is 17.2 Å². The molecule has 0 radical (unpaired) electrons. The molecule has 0 heterocycles. The normalized spacial score (nSPS) is 10.1. The number of allylic oxidation sites excluding steroid dienone is 3. The number of benzene rings is 2. The van der Waals surface area contributed by atoms with E-state index in [2.05, 4.69) is 17.9 Å². The van der Waals surface area contributed by atoms with Crippen LogP contribution in [0.15, 0.2) is 76.2 Å². The smallest absolute Gasteiger partial charge is 0.259 e. The highest BCUT2D eigenvalue weighted by atomic mass is 32.1. The maximum atomic E-state index is 13.2. The summed E-state index contributed by atoms with van der Waals surface area (Å²) in [5.74, 6) is 0.961. The van der Waals surface area contributed by atoms with Gasteiger partial charge in [-0.05, 0) is 96.2 Å². The number of nitrogens with one attached hydrogen (secondary N) is 1. The summed E-state index contributed by atoms with van der Waals surface area (Å²) in [6.07, 6.45) is 5.89. The molecule has 0 saturated carbocycles. The van der Waals surface area contributed by atoms with Gasteiger partial charge in [-0.15, -0.1) is 12.6 Å². The Kier molecular flexibility index (Phi) is 10.8. The zero-order valence-corrected chi connectivity index (χ0v) is 21.8. The molecule has 0 bridgehead atoms. The van der Waals surface area contributed by atoms with Crippen LogP contribution >= 0.6 is 12.6 Å². The highest BCUT2D eigenvalue weighted by molar-refractivity contribution is 7.80. The van der Waals surface area contributed by atoms with Crippen molar-refractivity contribution < 1.29 is 19.0 Å². The highest BCUT2D eigenvalue weighted by Gasteiger charge is 2.22. The molecule has 0 fully saturated rings. The van der Waals surface area contributed by atoms with Crippen LogP contribution in [0.1, 0.15) is 51.9 Å². The Labute approximate surface area is 208 Å². The maximum Gasteiger partial charge on any atom is 0.259 e. The summed E-state index contributed by atoms with van der Waals surface area (Å²) in [6.45, 7) is 13.0. The molecule has 2 aromatic carbocycles. The second-order valence-corrected chi connectivity index (χ2v) is 9.06. The molecule has 1 N–H and O–H groups in total. The molecule has 0 saturated heterocycles. The van der Waals surface area contributed by atoms with Crippen LogP contribution < -0.4 is 19.5 Å². The monoisotopic (exact) mass is 481 g/mol. The third-order valence-corrected chi connectivity index (χ3v) is 4.91. The fraction of sp³-hybridized carbons (Fsp3) is 0.321. The third-order valence-electron chi connectivity index (χ3n) is 4.61. The Hall–Kier alpha value is -3.12. The molecule has 1 amide bonds. The van der Waals surface area contributed by atoms with E-state index >= 15 is 0 Å². The van der Waals surface area contributed by atoms with Gasteiger partial charge in [-0.1, -0.05) is 16.7 Å². The molecule has 5 nitrogen and oxygen atoms in total. The number of hydrogen-bond acceptors (Lipinski definition) is 5. The topological polar surface area (TPSA) is 56.8 Å². The lowest BCUT2D eigenvalue weighted by Gasteiger charge is -2.19. The summed E-state index contributed by atoms with van der Waals surface area (Å²) in [5.41, 5.74) is 4.41. The predicted molar refractivity (Wildman–Crippen MR) is 143 cm³/mol. The first-order chi connectivity index (χ1) is 16.2. The van der Waals surface area contributed by atoms with Crippen LogP contribution in [0.4, 0.5) is 5.69 Å². The fourth-order valence-electron chi connectivity index (χ4n) is 2.74. The SMILES string of the molecule is CC(C)=CCOc1ccc(C(=O)Nc2ccc(S)cc2)c(OCC=C(C)C)c1OCC=C(C)C. The third kappa shape index (κ3) is 9.02. The molecule has 0 spiro atoms. The van der Waals surface area contributed by atoms with Crippen molar-refractivity contribution in [2.75, 3.05) is 25.1 Å². The van der Waals surface area contributed by atoms with Gasteiger partial charge in [-0.2, -0.15) is 0 Å². The molecule has 0 unspecified atom stereocenters. The number of hydrogen-bond donors (Lipinski definition) is 2. The highest BCUT2D eigenvalue weighted by Crippen LogP contribution is 2.41. The van der Waals surface area contributed by atoms with Gasteiger partial charge in [0.15, 0.2) is 11.5 Å². The van der Waals surface area contributed by atoms with Gasteiger partial charge >= 0.3 is 0 Å². The Balaban J connectivity index is 2.48. The Morgan fingerprint density at radius 3 is 1.76 bits per heavy atom. The minimum atomic E-state index is -0.304. The number of ether oxygens (including phenoxy) is 3. The van der Waals surface area contributed by atoms with E-state index in [1.54, 1.807) is 24.3 Å². The summed E-state index contributed by atoms with van der Waals surface area (Å²) in [7, 11) is 0. The van der Waals surface area contributed by atoms with Crippen LogP contribution in [0, 0.1) is 0 Å². The van der Waals surface area contributed by atoms with Gasteiger partial charge in [0, 0.05) is 10.6 Å². The van der Waals surface area contributed by atoms with E-state index < -0.39 is 0 Å². The van der Waals surface area contributed by atoms with Crippen LogP contribution in [0.25, 0.3) is 0 Å². The predicted octanol–water partition coefficient (Wildman–Crippen LogP) is 7.26. The molecule has 2 rings (SSSR count). The van der Waals surface area contributed by atoms with Crippen molar-refractivity contribution in [2.45, 2.75) is 46.4 Å². The summed E-state index contributed by atoms with van der Waals surface area (Å²) in [5, 5.41) is 2.92. The minimum absolute atomic E-state index is 0.299. The zero-order valence-electron chi connectivity index (χ0n) is 20.9. The second kappa shape index (κ2) is 13.6. The van der Waals surface area contributed by atoms with Crippen LogP contribution in [0.3, 0.4) is 0 Å². The quantitative estimate of drug-likeness (QED) is 0.262. The lowest BCUT2D eigenvalue weighted by atomic mass is 10.1. The minimum Gasteiger partial charge on any atom is -0.485 e. The second-order valence-electron chi connectivity index (χ2n) is 8.55. The first kappa shape index (κ1) is 27.1. The average Bonchev–Trinajstić information content (AvgIpc) is 2.76. The van der Waals surface area contributed by atoms with Gasteiger partial charge in [0.1, 0.15) is 19.8 Å². The van der Waals surface area contributed by atoms with Gasteiger partial charge in [-0.25, -0.2) is 0 Å². The summed E-state index contributed by atoms with van der Waals surface area (Å²) < 4.78 is 18.2. The van der Waals surface area contributed by atoms with E-state index in [0.29, 0.717) is 48.3 Å². The Morgan fingerprint density at radius 1 is 0.735 bits per heavy atom. The average molecular weight is 482 g/mol. The first-order valence-electron chi connectivity index (χ1n) is 11.2. The van der Waals surface area contributed by atoms with Gasteiger partial charge in [0.25, 0.3) is 5.91 Å². The molecule has 0 atom stereocenters. The molecule has 0 aliphatic heterocycles. The van der Waals surface area contributed by atoms with E-state index in [1.165, 1.54) is 0 Å². The molecule has 0 aliphatic rings. The molecule has 34 heavy (non-hydrogen) atoms. The van der Waals surface area contributed by atoms with E-state index in [0.717, 1.165) is 21.6 Å². The summed E-state index contributed by atoms with van der Waals surface area (Å²) in [6, 6.07) is 10.7. The fourth-order valence-corrected chi connectivity index (χ4v) is 2.89. The van der Waals surface area contributed by atoms with Crippen molar-refractivity contribution in [3.63, 3.8) is 0 Å². The number of thiol groups is 1. The van der Waals surface area contributed by atoms with Crippen LogP contribution in [-0.4, -0.2) is 25.7 Å². The summed E-state index contributed by atoms with van der Waals surface area (Å²) >= 11 is 4.30. The number of amides is 1. The van der Waals surface area contributed by atoms with Crippen LogP contribution in [-0.2, 0) is 0 Å². The van der Waals surface area contributed by atoms with E-state index in [1.807, 2.05) is 71.9 Å². The van der Waals surface area contributed by atoms with E-state index in [4.69, 9.17) is 14.2 Å². The van der Waals surface area contributed by atoms with Crippen molar-refractivity contribution in [2.24, 2.45) is 0 Å². The molecule has 0 aromatic heterocycles. The largest absolute Gasteiger partial charge is 0.485 e. The lowest BCUT2D eigenvalue weighted by molar-refractivity contribution is 0.102. The number of carbonyl (C=O) groups is 1. The Morgan fingerprint density at radius 2 is 1.24 bits per heavy atom. The van der Waals surface area contributed by atoms with Gasteiger partial charge in [0.05, 0.1) is 5.56 Å². The molecular weight excluding hydrogens is 446 g/mol. The lowest BCUT2D eigenvalue weighted by Crippen LogP contribution is -2.15. The Bertz CT molecular complexity index is 1060. The standard InChI is InChI=1S/C28H35NO4S/c1-19(2)13-16-31-25-12-11-24(28(30)29-22-7-9-23(34)10-8-22)26(32-17-14-20(3)4)27(25)33-18-15-21(5)6/h7-15,34H,16-18H2,1-6H3,(H,29,30). The van der Waals surface area contributed by atoms with Crippen molar-refractivity contribution in [1.29, 1.82) is 0 Å². The molecule has 0 aliphatic carbocycles. The number of rotatable bonds is 11. The molecule has 182 valence electrons. The maximum absolute atomic E-state index is 13.2. The van der Waals surface area contributed by atoms with Crippen molar-refractivity contribution in [3.05, 3.63) is 76.9 Å². The zero-order chi connectivity index (χ0) is 25.1.